The zero-order chi connectivity index (χ0) is 10.6. The minimum absolute atomic E-state index is 0. The van der Waals surface area contributed by atoms with Gasteiger partial charge in [-0.15, -0.1) is 0 Å². The van der Waals surface area contributed by atoms with Gasteiger partial charge >= 0.3 is 13.4 Å². The van der Waals surface area contributed by atoms with E-state index in [0.717, 1.165) is 0 Å². The van der Waals surface area contributed by atoms with E-state index in [9.17, 15) is 9.59 Å². The van der Waals surface area contributed by atoms with Crippen LogP contribution in [-0.2, 0) is 9.47 Å². The van der Waals surface area contributed by atoms with Crippen LogP contribution >= 0.6 is 0 Å². The highest BCUT2D eigenvalue weighted by molar-refractivity contribution is 5.93. The van der Waals surface area contributed by atoms with Crippen molar-refractivity contribution in [1.29, 1.82) is 0 Å². The molecule has 0 spiro atoms. The number of benzene rings is 1. The van der Waals surface area contributed by atoms with E-state index in [4.69, 9.17) is 0 Å². The van der Waals surface area contributed by atoms with Crippen LogP contribution in [0.1, 0.15) is 22.1 Å². The SMILES string of the molecule is COC(=O)c1ccc(C(=O)OC)cc1.[H+]. The molecule has 0 aliphatic carbocycles. The van der Waals surface area contributed by atoms with Crippen LogP contribution in [0.4, 0.5) is 0 Å². The Balaban J connectivity index is 0.00000196. The molecule has 1 aromatic rings. The highest BCUT2D eigenvalue weighted by atomic mass is 16.5. The van der Waals surface area contributed by atoms with Gasteiger partial charge in [-0.1, -0.05) is 0 Å². The molecule has 0 saturated carbocycles. The van der Waals surface area contributed by atoms with Crippen molar-refractivity contribution < 1.29 is 20.5 Å². The third-order valence-electron chi connectivity index (χ3n) is 1.73. The molecule has 14 heavy (non-hydrogen) atoms. The molecule has 0 aromatic heterocycles. The average molecular weight is 195 g/mol. The number of ether oxygens (including phenoxy) is 2. The number of rotatable bonds is 2. The Morgan fingerprint density at radius 3 is 1.43 bits per heavy atom. The Kier molecular flexibility index (Phi) is 3.23. The third kappa shape index (κ3) is 2.10. The van der Waals surface area contributed by atoms with Crippen molar-refractivity contribution >= 4 is 11.9 Å². The van der Waals surface area contributed by atoms with Crippen LogP contribution in [0.15, 0.2) is 24.3 Å². The maximum absolute atomic E-state index is 11.0. The van der Waals surface area contributed by atoms with Crippen molar-refractivity contribution in [2.75, 3.05) is 14.2 Å². The Morgan fingerprint density at radius 1 is 0.929 bits per heavy atom. The number of hydrogen-bond donors (Lipinski definition) is 0. The lowest BCUT2D eigenvalue weighted by Gasteiger charge is -2.00. The molecule has 0 atom stereocenters. The molecule has 0 radical (unpaired) electrons. The van der Waals surface area contributed by atoms with Gasteiger partial charge in [0.1, 0.15) is 0 Å². The van der Waals surface area contributed by atoms with E-state index in [1.165, 1.54) is 38.5 Å². The van der Waals surface area contributed by atoms with Gasteiger partial charge in [0.2, 0.25) is 0 Å². The van der Waals surface area contributed by atoms with Gasteiger partial charge < -0.3 is 9.47 Å². The predicted molar refractivity (Wildman–Crippen MR) is 50.2 cm³/mol. The summed E-state index contributed by atoms with van der Waals surface area (Å²) in [6, 6.07) is 6.05. The van der Waals surface area contributed by atoms with Crippen LogP contribution in [0.5, 0.6) is 0 Å². The van der Waals surface area contributed by atoms with Crippen LogP contribution in [0, 0.1) is 0 Å². The van der Waals surface area contributed by atoms with E-state index in [0.29, 0.717) is 11.1 Å². The van der Waals surface area contributed by atoms with Gasteiger partial charge in [-0.3, -0.25) is 0 Å². The molecule has 74 valence electrons. The van der Waals surface area contributed by atoms with Gasteiger partial charge in [0, 0.05) is 0 Å². The molecule has 0 aliphatic rings. The fraction of sp³-hybridized carbons (Fsp3) is 0.200. The van der Waals surface area contributed by atoms with Gasteiger partial charge in [0.15, 0.2) is 0 Å². The Hall–Kier alpha value is -1.84. The Morgan fingerprint density at radius 2 is 1.21 bits per heavy atom. The normalized spacial score (nSPS) is 9.29. The summed E-state index contributed by atoms with van der Waals surface area (Å²) in [5.74, 6) is -0.858. The molecule has 1 rings (SSSR count). The molecule has 0 amide bonds. The Labute approximate surface area is 82.9 Å². The van der Waals surface area contributed by atoms with E-state index in [2.05, 4.69) is 9.47 Å². The molecule has 0 aliphatic heterocycles. The monoisotopic (exact) mass is 195 g/mol. The molecule has 0 unspecified atom stereocenters. The van der Waals surface area contributed by atoms with Crippen molar-refractivity contribution in [1.82, 2.24) is 0 Å². The van der Waals surface area contributed by atoms with E-state index < -0.39 is 11.9 Å². The largest absolute Gasteiger partial charge is 1.00 e. The van der Waals surface area contributed by atoms with Gasteiger partial charge in [-0.05, 0) is 24.3 Å². The topological polar surface area (TPSA) is 52.6 Å². The summed E-state index contributed by atoms with van der Waals surface area (Å²) < 4.78 is 9.02. The van der Waals surface area contributed by atoms with Crippen molar-refractivity contribution in [3.8, 4) is 0 Å². The van der Waals surface area contributed by atoms with Crippen LogP contribution < -0.4 is 0 Å². The second-order valence-corrected chi connectivity index (χ2v) is 2.56. The summed E-state index contributed by atoms with van der Waals surface area (Å²) in [6.07, 6.45) is 0. The second kappa shape index (κ2) is 4.41. The van der Waals surface area contributed by atoms with E-state index in [1.54, 1.807) is 0 Å². The molecule has 0 bridgehead atoms. The summed E-state index contributed by atoms with van der Waals surface area (Å²) in [6.45, 7) is 0. The lowest BCUT2D eigenvalue weighted by Crippen LogP contribution is -2.04. The number of methoxy groups -OCH3 is 2. The number of esters is 2. The van der Waals surface area contributed by atoms with Crippen molar-refractivity contribution in [3.05, 3.63) is 35.4 Å². The quantitative estimate of drug-likeness (QED) is 0.669. The highest BCUT2D eigenvalue weighted by Crippen LogP contribution is 2.06. The number of carbonyl (C=O) groups is 2. The molecule has 0 fully saturated rings. The van der Waals surface area contributed by atoms with Crippen LogP contribution in [-0.4, -0.2) is 26.2 Å². The van der Waals surface area contributed by atoms with Crippen molar-refractivity contribution in [3.63, 3.8) is 0 Å². The van der Waals surface area contributed by atoms with E-state index in [-0.39, 0.29) is 1.43 Å². The predicted octanol–water partition coefficient (Wildman–Crippen LogP) is 1.37. The summed E-state index contributed by atoms with van der Waals surface area (Å²) >= 11 is 0. The highest BCUT2D eigenvalue weighted by Gasteiger charge is 2.08. The maximum atomic E-state index is 11.0. The number of hydrogen-bond acceptors (Lipinski definition) is 4. The first kappa shape index (κ1) is 10.2. The first-order valence-corrected chi connectivity index (χ1v) is 3.95. The van der Waals surface area contributed by atoms with Gasteiger partial charge in [0.05, 0.1) is 25.3 Å². The Bertz CT molecular complexity index is 310. The van der Waals surface area contributed by atoms with Gasteiger partial charge in [-0.2, -0.15) is 0 Å². The molecule has 4 heteroatoms. The fourth-order valence-electron chi connectivity index (χ4n) is 0.978. The summed E-state index contributed by atoms with van der Waals surface area (Å²) in [7, 11) is 2.60. The third-order valence-corrected chi connectivity index (χ3v) is 1.73. The van der Waals surface area contributed by atoms with Crippen LogP contribution in [0.2, 0.25) is 0 Å². The first-order valence-electron chi connectivity index (χ1n) is 3.95. The molecule has 0 N–H and O–H groups in total. The van der Waals surface area contributed by atoms with Gasteiger partial charge in [-0.25, -0.2) is 9.59 Å². The summed E-state index contributed by atoms with van der Waals surface area (Å²) in [5, 5.41) is 0. The molecule has 0 saturated heterocycles. The minimum Gasteiger partial charge on any atom is -0.465 e. The molecule has 1 aromatic carbocycles. The second-order valence-electron chi connectivity index (χ2n) is 2.56. The molecular weight excluding hydrogens is 184 g/mol. The zero-order valence-corrected chi connectivity index (χ0v) is 7.94. The molecule has 0 heterocycles. The number of carbonyl (C=O) groups excluding carboxylic acids is 2. The standard InChI is InChI=1S/C10H10O4/c1-13-9(11)7-3-5-8(6-4-7)10(12)14-2/h3-6H,1-2H3/p+1. The lowest BCUT2D eigenvalue weighted by atomic mass is 10.1. The first-order chi connectivity index (χ1) is 6.69. The van der Waals surface area contributed by atoms with Gasteiger partial charge in [0.25, 0.3) is 0 Å². The lowest BCUT2D eigenvalue weighted by molar-refractivity contribution is 0.0586. The summed E-state index contributed by atoms with van der Waals surface area (Å²) in [4.78, 5) is 22.1. The van der Waals surface area contributed by atoms with E-state index in [1.807, 2.05) is 0 Å². The average Bonchev–Trinajstić information content (AvgIpc) is 2.27. The van der Waals surface area contributed by atoms with Crippen LogP contribution in [0.3, 0.4) is 0 Å². The molecule has 4 nitrogen and oxygen atoms in total. The smallest absolute Gasteiger partial charge is 0.465 e. The minimum atomic E-state index is -0.429. The maximum Gasteiger partial charge on any atom is 1.00 e. The molecular formula is C10H11O4+. The fourth-order valence-corrected chi connectivity index (χ4v) is 0.978. The van der Waals surface area contributed by atoms with Crippen LogP contribution in [0.25, 0.3) is 0 Å². The van der Waals surface area contributed by atoms with E-state index >= 15 is 0 Å². The zero-order valence-electron chi connectivity index (χ0n) is 8.94. The van der Waals surface area contributed by atoms with Crippen molar-refractivity contribution in [2.45, 2.75) is 0 Å². The van der Waals surface area contributed by atoms with Crippen molar-refractivity contribution in [2.24, 2.45) is 0 Å². The summed E-state index contributed by atoms with van der Waals surface area (Å²) in [5.41, 5.74) is 0.806.